The van der Waals surface area contributed by atoms with Crippen molar-refractivity contribution in [1.29, 1.82) is 0 Å². The summed E-state index contributed by atoms with van der Waals surface area (Å²) in [5, 5.41) is 0. The molecule has 2 heteroatoms. The molecule has 2 nitrogen and oxygen atoms in total. The van der Waals surface area contributed by atoms with Crippen LogP contribution in [0.15, 0.2) is 67.0 Å². The van der Waals surface area contributed by atoms with Crippen molar-refractivity contribution in [2.24, 2.45) is 0 Å². The molecule has 23 heavy (non-hydrogen) atoms. The van der Waals surface area contributed by atoms with Crippen LogP contribution in [0.25, 0.3) is 22.5 Å². The molecule has 0 aliphatic rings. The highest BCUT2D eigenvalue weighted by molar-refractivity contribution is 5.68. The quantitative estimate of drug-likeness (QED) is 0.565. The van der Waals surface area contributed by atoms with Gasteiger partial charge < -0.3 is 0 Å². The summed E-state index contributed by atoms with van der Waals surface area (Å²) in [7, 11) is 0. The molecule has 3 rings (SSSR count). The van der Waals surface area contributed by atoms with Crippen molar-refractivity contribution in [2.75, 3.05) is 0 Å². The molecule has 0 N–H and O–H groups in total. The van der Waals surface area contributed by atoms with E-state index in [2.05, 4.69) is 65.4 Å². The zero-order valence-electron chi connectivity index (χ0n) is 14.7. The average molecular weight is 306 g/mol. The van der Waals surface area contributed by atoms with Crippen LogP contribution in [0.5, 0.6) is 0 Å². The molecule has 0 aliphatic heterocycles. The first-order valence-electron chi connectivity index (χ1n) is 8.27. The summed E-state index contributed by atoms with van der Waals surface area (Å²) in [6, 6.07) is 18.7. The second-order valence-electron chi connectivity index (χ2n) is 4.52. The fourth-order valence-corrected chi connectivity index (χ4v) is 2.08. The molecule has 0 saturated carbocycles. The van der Waals surface area contributed by atoms with Crippen molar-refractivity contribution in [3.05, 3.63) is 72.6 Å². The van der Waals surface area contributed by atoms with Gasteiger partial charge in [-0.15, -0.1) is 0 Å². The van der Waals surface area contributed by atoms with E-state index in [9.17, 15) is 0 Å². The molecular weight excluding hydrogens is 280 g/mol. The lowest BCUT2D eigenvalue weighted by Crippen LogP contribution is -1.86. The monoisotopic (exact) mass is 306 g/mol. The van der Waals surface area contributed by atoms with Crippen molar-refractivity contribution >= 4 is 0 Å². The summed E-state index contributed by atoms with van der Waals surface area (Å²) >= 11 is 0. The molecule has 0 radical (unpaired) electrons. The summed E-state index contributed by atoms with van der Waals surface area (Å²) in [5.74, 6) is 0.762. The maximum absolute atomic E-state index is 4.25. The van der Waals surface area contributed by atoms with Gasteiger partial charge in [-0.3, -0.25) is 0 Å². The van der Waals surface area contributed by atoms with Gasteiger partial charge in [0.15, 0.2) is 5.82 Å². The zero-order valence-corrected chi connectivity index (χ0v) is 14.7. The minimum atomic E-state index is 0.762. The molecule has 0 saturated heterocycles. The van der Waals surface area contributed by atoms with Gasteiger partial charge in [0, 0.05) is 18.0 Å². The highest BCUT2D eigenvalue weighted by atomic mass is 14.8. The van der Waals surface area contributed by atoms with Crippen molar-refractivity contribution in [3.8, 4) is 22.5 Å². The molecule has 0 fully saturated rings. The van der Waals surface area contributed by atoms with E-state index in [0.717, 1.165) is 11.4 Å². The second kappa shape index (κ2) is 10.3. The third-order valence-electron chi connectivity index (χ3n) is 3.06. The normalized spacial score (nSPS) is 9.09. The summed E-state index contributed by atoms with van der Waals surface area (Å²) in [5.41, 5.74) is 4.76. The standard InChI is InChI=1S/C17H14N2.2C2H6/c1-13-4-2-5-16(12-13)14-6-8-15(9-7-14)17-18-10-3-11-19-17;2*1-2/h2-12H,1H3;2*1-2H3. The lowest BCUT2D eigenvalue weighted by molar-refractivity contribution is 1.18. The van der Waals surface area contributed by atoms with E-state index in [1.165, 1.54) is 16.7 Å². The predicted octanol–water partition coefficient (Wildman–Crippen LogP) is 6.17. The van der Waals surface area contributed by atoms with Crippen LogP contribution in [0.1, 0.15) is 33.3 Å². The average Bonchev–Trinajstić information content (AvgIpc) is 2.66. The third-order valence-corrected chi connectivity index (χ3v) is 3.06. The van der Waals surface area contributed by atoms with Crippen LogP contribution < -0.4 is 0 Å². The maximum Gasteiger partial charge on any atom is 0.159 e. The van der Waals surface area contributed by atoms with E-state index in [-0.39, 0.29) is 0 Å². The third kappa shape index (κ3) is 5.33. The van der Waals surface area contributed by atoms with Crippen LogP contribution in [-0.4, -0.2) is 9.97 Å². The molecule has 3 aromatic rings. The Morgan fingerprint density at radius 2 is 1.17 bits per heavy atom. The van der Waals surface area contributed by atoms with Crippen LogP contribution in [-0.2, 0) is 0 Å². The molecule has 0 unspecified atom stereocenters. The molecule has 0 bridgehead atoms. The Morgan fingerprint density at radius 1 is 0.609 bits per heavy atom. The summed E-state index contributed by atoms with van der Waals surface area (Å²) in [6.07, 6.45) is 3.52. The van der Waals surface area contributed by atoms with E-state index in [4.69, 9.17) is 0 Å². The number of hydrogen-bond donors (Lipinski definition) is 0. The van der Waals surface area contributed by atoms with Crippen LogP contribution in [0.4, 0.5) is 0 Å². The van der Waals surface area contributed by atoms with E-state index < -0.39 is 0 Å². The van der Waals surface area contributed by atoms with Gasteiger partial charge in [0.25, 0.3) is 0 Å². The first-order chi connectivity index (χ1) is 11.3. The van der Waals surface area contributed by atoms with Gasteiger partial charge in [0.05, 0.1) is 0 Å². The summed E-state index contributed by atoms with van der Waals surface area (Å²) in [4.78, 5) is 8.51. The molecular formula is C21H26N2. The van der Waals surface area contributed by atoms with Gasteiger partial charge in [-0.05, 0) is 24.1 Å². The van der Waals surface area contributed by atoms with Gasteiger partial charge >= 0.3 is 0 Å². The highest BCUT2D eigenvalue weighted by Crippen LogP contribution is 2.23. The van der Waals surface area contributed by atoms with Gasteiger partial charge in [-0.1, -0.05) is 81.8 Å². The zero-order chi connectivity index (χ0) is 17.1. The largest absolute Gasteiger partial charge is 0.237 e. The molecule has 1 heterocycles. The van der Waals surface area contributed by atoms with E-state index in [0.29, 0.717) is 0 Å². The van der Waals surface area contributed by atoms with Crippen LogP contribution >= 0.6 is 0 Å². The van der Waals surface area contributed by atoms with Gasteiger partial charge in [-0.2, -0.15) is 0 Å². The Morgan fingerprint density at radius 3 is 1.74 bits per heavy atom. The molecule has 0 aliphatic carbocycles. The SMILES string of the molecule is CC.CC.Cc1cccc(-c2ccc(-c3ncccn3)cc2)c1. The molecule has 0 amide bonds. The fraction of sp³-hybridized carbons (Fsp3) is 0.238. The number of aryl methyl sites for hydroxylation is 1. The van der Waals surface area contributed by atoms with Crippen molar-refractivity contribution in [1.82, 2.24) is 9.97 Å². The fourth-order valence-electron chi connectivity index (χ4n) is 2.08. The Hall–Kier alpha value is -2.48. The Labute approximate surface area is 140 Å². The van der Waals surface area contributed by atoms with Crippen molar-refractivity contribution in [2.45, 2.75) is 34.6 Å². The lowest BCUT2D eigenvalue weighted by atomic mass is 10.0. The first kappa shape index (κ1) is 18.6. The van der Waals surface area contributed by atoms with Crippen molar-refractivity contribution in [3.63, 3.8) is 0 Å². The minimum Gasteiger partial charge on any atom is -0.237 e. The highest BCUT2D eigenvalue weighted by Gasteiger charge is 2.01. The Bertz CT molecular complexity index is 674. The smallest absolute Gasteiger partial charge is 0.159 e. The van der Waals surface area contributed by atoms with Crippen molar-refractivity contribution < 1.29 is 0 Å². The lowest BCUT2D eigenvalue weighted by Gasteiger charge is -2.04. The molecule has 0 atom stereocenters. The Kier molecular flexibility index (Phi) is 8.30. The molecule has 0 spiro atoms. The van der Waals surface area contributed by atoms with E-state index in [1.54, 1.807) is 12.4 Å². The van der Waals surface area contributed by atoms with E-state index >= 15 is 0 Å². The number of nitrogens with zero attached hydrogens (tertiary/aromatic N) is 2. The topological polar surface area (TPSA) is 25.8 Å². The van der Waals surface area contributed by atoms with Crippen LogP contribution in [0.3, 0.4) is 0 Å². The van der Waals surface area contributed by atoms with Crippen LogP contribution in [0, 0.1) is 6.92 Å². The number of hydrogen-bond acceptors (Lipinski definition) is 2. The molecule has 1 aromatic heterocycles. The first-order valence-corrected chi connectivity index (χ1v) is 8.27. The van der Waals surface area contributed by atoms with Gasteiger partial charge in [-0.25, -0.2) is 9.97 Å². The second-order valence-corrected chi connectivity index (χ2v) is 4.52. The summed E-state index contributed by atoms with van der Waals surface area (Å²) in [6.45, 7) is 10.1. The van der Waals surface area contributed by atoms with Gasteiger partial charge in [0.1, 0.15) is 0 Å². The van der Waals surface area contributed by atoms with Crippen LogP contribution in [0.2, 0.25) is 0 Å². The Balaban J connectivity index is 0.000000615. The minimum absolute atomic E-state index is 0.762. The molecule has 2 aromatic carbocycles. The number of benzene rings is 2. The number of rotatable bonds is 2. The van der Waals surface area contributed by atoms with Gasteiger partial charge in [0.2, 0.25) is 0 Å². The summed E-state index contributed by atoms with van der Waals surface area (Å²) < 4.78 is 0. The predicted molar refractivity (Wildman–Crippen MR) is 100 cm³/mol. The number of aromatic nitrogens is 2. The van der Waals surface area contributed by atoms with E-state index in [1.807, 2.05) is 33.8 Å². The maximum atomic E-state index is 4.25. The molecule has 120 valence electrons.